The van der Waals surface area contributed by atoms with Crippen LogP contribution in [-0.2, 0) is 14.3 Å². The number of carbonyl (C=O) groups excluding carboxylic acids is 1. The van der Waals surface area contributed by atoms with Gasteiger partial charge in [-0.05, 0) is 6.92 Å². The van der Waals surface area contributed by atoms with E-state index in [2.05, 4.69) is 16.1 Å². The Bertz CT molecular complexity index is 589. The molecule has 0 aromatic carbocycles. The summed E-state index contributed by atoms with van der Waals surface area (Å²) in [4.78, 5) is 11.2. The Morgan fingerprint density at radius 1 is 1.00 bits per heavy atom. The van der Waals surface area contributed by atoms with Crippen molar-refractivity contribution in [1.29, 1.82) is 0 Å². The first kappa shape index (κ1) is 22.4. The monoisotopic (exact) mass is 412 g/mol. The SMILES string of the molecule is C=C(C)C(=O)OC1C(F)(F)C(O)(C(F)(F)F)OC1(C(F)(F)F)C(F)(F)F. The van der Waals surface area contributed by atoms with Crippen molar-refractivity contribution >= 4 is 5.97 Å². The molecule has 0 amide bonds. The molecule has 0 saturated carbocycles. The van der Waals surface area contributed by atoms with Crippen LogP contribution < -0.4 is 0 Å². The number of hydrogen-bond donors (Lipinski definition) is 1. The molecule has 1 saturated heterocycles. The standard InChI is InChI=1S/C11H7F11O4/c1-3(2)4(23)25-5-6(9(14,15)16,10(17,18)19)26-8(24,7(5,12)13)11(20,21)22/h5,24H,1H2,2H3. The Morgan fingerprint density at radius 2 is 1.38 bits per heavy atom. The van der Waals surface area contributed by atoms with Crippen LogP contribution >= 0.6 is 0 Å². The van der Waals surface area contributed by atoms with Crippen molar-refractivity contribution in [2.24, 2.45) is 0 Å². The van der Waals surface area contributed by atoms with Gasteiger partial charge in [-0.3, -0.25) is 0 Å². The molecule has 1 rings (SSSR count). The Balaban J connectivity index is 3.85. The van der Waals surface area contributed by atoms with Gasteiger partial charge in [-0.1, -0.05) is 6.58 Å². The molecule has 0 spiro atoms. The summed E-state index contributed by atoms with van der Waals surface area (Å²) >= 11 is 0. The van der Waals surface area contributed by atoms with Crippen LogP contribution in [0.4, 0.5) is 48.3 Å². The maximum absolute atomic E-state index is 13.9. The molecule has 0 aliphatic carbocycles. The van der Waals surface area contributed by atoms with Crippen molar-refractivity contribution < 1.29 is 67.7 Å². The number of alkyl halides is 11. The van der Waals surface area contributed by atoms with Crippen molar-refractivity contribution in [2.45, 2.75) is 48.9 Å². The summed E-state index contributed by atoms with van der Waals surface area (Å²) in [5, 5.41) is 8.93. The van der Waals surface area contributed by atoms with Crippen molar-refractivity contribution in [3.05, 3.63) is 12.2 Å². The second-order valence-corrected chi connectivity index (χ2v) is 5.16. The van der Waals surface area contributed by atoms with E-state index in [-0.39, 0.29) is 0 Å². The number of halogens is 11. The maximum atomic E-state index is 13.9. The van der Waals surface area contributed by atoms with E-state index in [1.54, 1.807) is 0 Å². The van der Waals surface area contributed by atoms with Crippen LogP contribution in [0.15, 0.2) is 12.2 Å². The van der Waals surface area contributed by atoms with Gasteiger partial charge < -0.3 is 14.6 Å². The van der Waals surface area contributed by atoms with Crippen molar-refractivity contribution in [1.82, 2.24) is 0 Å². The van der Waals surface area contributed by atoms with Crippen LogP contribution in [0.2, 0.25) is 0 Å². The molecule has 1 fully saturated rings. The van der Waals surface area contributed by atoms with Gasteiger partial charge in [-0.2, -0.15) is 48.3 Å². The highest BCUT2D eigenvalue weighted by molar-refractivity contribution is 5.87. The summed E-state index contributed by atoms with van der Waals surface area (Å²) in [6, 6.07) is 0. The fourth-order valence-corrected chi connectivity index (χ4v) is 1.97. The third-order valence-electron chi connectivity index (χ3n) is 3.26. The summed E-state index contributed by atoms with van der Waals surface area (Å²) in [5.74, 6) is -15.0. The van der Waals surface area contributed by atoms with Gasteiger partial charge in [0.15, 0.2) is 0 Å². The van der Waals surface area contributed by atoms with Gasteiger partial charge in [-0.25, -0.2) is 4.79 Å². The highest BCUT2D eigenvalue weighted by atomic mass is 19.4. The molecule has 0 aromatic heterocycles. The summed E-state index contributed by atoms with van der Waals surface area (Å²) in [6.45, 7) is 3.30. The van der Waals surface area contributed by atoms with Crippen molar-refractivity contribution in [2.75, 3.05) is 0 Å². The van der Waals surface area contributed by atoms with E-state index in [1.165, 1.54) is 0 Å². The lowest BCUT2D eigenvalue weighted by atomic mass is 9.91. The van der Waals surface area contributed by atoms with Crippen LogP contribution in [0, 0.1) is 0 Å². The Morgan fingerprint density at radius 3 is 1.65 bits per heavy atom. The normalized spacial score (nSPS) is 28.7. The topological polar surface area (TPSA) is 55.8 Å². The zero-order valence-corrected chi connectivity index (χ0v) is 12.1. The molecule has 1 aliphatic heterocycles. The van der Waals surface area contributed by atoms with Crippen molar-refractivity contribution in [3.8, 4) is 0 Å². The molecule has 15 heteroatoms. The molecular weight excluding hydrogens is 405 g/mol. The predicted octanol–water partition coefficient (Wildman–Crippen LogP) is 3.25. The molecule has 1 heterocycles. The second-order valence-electron chi connectivity index (χ2n) is 5.16. The molecule has 2 atom stereocenters. The molecule has 1 N–H and O–H groups in total. The number of ether oxygens (including phenoxy) is 2. The van der Waals surface area contributed by atoms with Crippen LogP contribution in [0.3, 0.4) is 0 Å². The lowest BCUT2D eigenvalue weighted by Crippen LogP contribution is -2.66. The van der Waals surface area contributed by atoms with Crippen LogP contribution in [-0.4, -0.2) is 53.0 Å². The Labute approximate surface area is 136 Å². The molecule has 0 radical (unpaired) electrons. The van der Waals surface area contributed by atoms with Crippen LogP contribution in [0.25, 0.3) is 0 Å². The van der Waals surface area contributed by atoms with E-state index in [1.807, 2.05) is 0 Å². The number of rotatable bonds is 2. The van der Waals surface area contributed by atoms with Crippen LogP contribution in [0.5, 0.6) is 0 Å². The zero-order chi connectivity index (χ0) is 21.1. The molecule has 26 heavy (non-hydrogen) atoms. The first-order chi connectivity index (χ1) is 11.2. The Kier molecular flexibility index (Phi) is 4.89. The third-order valence-corrected chi connectivity index (χ3v) is 3.26. The summed E-state index contributed by atoms with van der Waals surface area (Å²) in [6.07, 6.45) is -25.8. The van der Waals surface area contributed by atoms with Gasteiger partial charge >= 0.3 is 41.8 Å². The average molecular weight is 412 g/mol. The number of carbonyl (C=O) groups is 1. The lowest BCUT2D eigenvalue weighted by Gasteiger charge is -2.36. The number of hydrogen-bond acceptors (Lipinski definition) is 4. The average Bonchev–Trinajstić information content (AvgIpc) is 2.56. The fourth-order valence-electron chi connectivity index (χ4n) is 1.97. The minimum atomic E-state index is -7.01. The third kappa shape index (κ3) is 2.80. The predicted molar refractivity (Wildman–Crippen MR) is 56.6 cm³/mol. The van der Waals surface area contributed by atoms with E-state index in [0.717, 1.165) is 0 Å². The quantitative estimate of drug-likeness (QED) is 0.430. The largest absolute Gasteiger partial charge is 0.449 e. The molecule has 1 aliphatic rings. The number of esters is 1. The van der Waals surface area contributed by atoms with Gasteiger partial charge in [0, 0.05) is 5.57 Å². The van der Waals surface area contributed by atoms with Gasteiger partial charge in [0.2, 0.25) is 6.10 Å². The van der Waals surface area contributed by atoms with Crippen LogP contribution in [0.1, 0.15) is 6.92 Å². The second kappa shape index (κ2) is 5.68. The fraction of sp³-hybridized carbons (Fsp3) is 0.727. The molecule has 152 valence electrons. The zero-order valence-electron chi connectivity index (χ0n) is 12.1. The van der Waals surface area contributed by atoms with E-state index in [9.17, 15) is 53.1 Å². The molecule has 0 aromatic rings. The smallest absolute Gasteiger partial charge is 0.448 e. The number of aliphatic hydroxyl groups is 1. The summed E-state index contributed by atoms with van der Waals surface area (Å²) < 4.78 is 150. The van der Waals surface area contributed by atoms with E-state index >= 15 is 0 Å². The van der Waals surface area contributed by atoms with Gasteiger partial charge in [0.25, 0.3) is 0 Å². The molecule has 2 unspecified atom stereocenters. The Hall–Kier alpha value is -1.64. The summed E-state index contributed by atoms with van der Waals surface area (Å²) in [7, 11) is 0. The van der Waals surface area contributed by atoms with E-state index in [4.69, 9.17) is 5.11 Å². The molecule has 4 nitrogen and oxygen atoms in total. The van der Waals surface area contributed by atoms with Crippen molar-refractivity contribution in [3.63, 3.8) is 0 Å². The highest BCUT2D eigenvalue weighted by Gasteiger charge is 2.95. The first-order valence-electron chi connectivity index (χ1n) is 6.04. The maximum Gasteiger partial charge on any atom is 0.449 e. The van der Waals surface area contributed by atoms with E-state index < -0.39 is 53.5 Å². The minimum Gasteiger partial charge on any atom is -0.448 e. The molecular formula is C11H7F11O4. The minimum absolute atomic E-state index is 0.606. The first-order valence-corrected chi connectivity index (χ1v) is 6.04. The van der Waals surface area contributed by atoms with Gasteiger partial charge in [0.1, 0.15) is 0 Å². The van der Waals surface area contributed by atoms with Gasteiger partial charge in [-0.15, -0.1) is 0 Å². The highest BCUT2D eigenvalue weighted by Crippen LogP contribution is 2.64. The van der Waals surface area contributed by atoms with Gasteiger partial charge in [0.05, 0.1) is 0 Å². The van der Waals surface area contributed by atoms with E-state index in [0.29, 0.717) is 6.92 Å². The lowest BCUT2D eigenvalue weighted by molar-refractivity contribution is -0.457. The summed E-state index contributed by atoms with van der Waals surface area (Å²) in [5.41, 5.74) is -7.39. The molecule has 0 bridgehead atoms.